The highest BCUT2D eigenvalue weighted by molar-refractivity contribution is 5.85. The zero-order chi connectivity index (χ0) is 22.9. The van der Waals surface area contributed by atoms with Crippen LogP contribution < -0.4 is 20.8 Å². The molecule has 0 amide bonds. The maximum atomic E-state index is 14.0. The van der Waals surface area contributed by atoms with E-state index in [1.807, 2.05) is 19.1 Å². The minimum Gasteiger partial charge on any atom is -0.493 e. The van der Waals surface area contributed by atoms with Crippen LogP contribution in [0, 0.1) is 11.6 Å². The molecule has 7 heteroatoms. The van der Waals surface area contributed by atoms with E-state index in [1.165, 1.54) is 19.2 Å². The quantitative estimate of drug-likeness (QED) is 0.574. The Morgan fingerprint density at radius 2 is 1.81 bits per heavy atom. The van der Waals surface area contributed by atoms with Crippen LogP contribution in [0.15, 0.2) is 47.4 Å². The summed E-state index contributed by atoms with van der Waals surface area (Å²) in [5.74, 6) is -0.114. The van der Waals surface area contributed by atoms with Crippen molar-refractivity contribution in [3.8, 4) is 11.5 Å². The summed E-state index contributed by atoms with van der Waals surface area (Å²) < 4.78 is 39.7. The second-order valence-corrected chi connectivity index (χ2v) is 8.54. The van der Waals surface area contributed by atoms with Gasteiger partial charge < -0.3 is 20.2 Å². The lowest BCUT2D eigenvalue weighted by atomic mass is 9.64. The molecule has 5 nitrogen and oxygen atoms in total. The summed E-state index contributed by atoms with van der Waals surface area (Å²) in [6, 6.07) is 8.79. The second-order valence-electron chi connectivity index (χ2n) is 8.54. The van der Waals surface area contributed by atoms with Gasteiger partial charge in [0.25, 0.3) is 5.56 Å². The Labute approximate surface area is 185 Å². The predicted octanol–water partition coefficient (Wildman–Crippen LogP) is 4.81. The number of hydrogen-bond donors (Lipinski definition) is 2. The zero-order valence-corrected chi connectivity index (χ0v) is 18.3. The van der Waals surface area contributed by atoms with Gasteiger partial charge in [-0.25, -0.2) is 8.78 Å². The number of ether oxygens (including phenoxy) is 2. The van der Waals surface area contributed by atoms with Crippen LogP contribution in [0.5, 0.6) is 11.5 Å². The van der Waals surface area contributed by atoms with E-state index in [-0.39, 0.29) is 17.7 Å². The number of rotatable bonds is 6. The standard InChI is InChI=1S/C25H28F2N2O3/c1-3-23(28)25(16-11-17(26)13-18(27)12-16)7-4-19(5-8-25)32-22-10-15-6-9-29-24(30)20(15)14-21(22)31-2/h6,9-14,19,23H,3-5,7-8,28H2,1-2H3,(H,29,30)/t19-,23?,25+. The lowest BCUT2D eigenvalue weighted by Gasteiger charge is -2.44. The van der Waals surface area contributed by atoms with E-state index in [0.29, 0.717) is 54.6 Å². The number of aromatic nitrogens is 1. The molecule has 1 aliphatic rings. The van der Waals surface area contributed by atoms with E-state index in [0.717, 1.165) is 11.5 Å². The molecule has 0 saturated heterocycles. The van der Waals surface area contributed by atoms with Gasteiger partial charge in [-0.05, 0) is 73.4 Å². The molecule has 2 aromatic carbocycles. The van der Waals surface area contributed by atoms with E-state index < -0.39 is 17.0 Å². The minimum atomic E-state index is -0.586. The van der Waals surface area contributed by atoms with Crippen LogP contribution in [-0.2, 0) is 5.41 Å². The highest BCUT2D eigenvalue weighted by Crippen LogP contribution is 2.44. The molecule has 1 heterocycles. The molecule has 0 spiro atoms. The summed E-state index contributed by atoms with van der Waals surface area (Å²) in [5, 5.41) is 1.29. The lowest BCUT2D eigenvalue weighted by Crippen LogP contribution is -2.49. The van der Waals surface area contributed by atoms with Gasteiger partial charge in [-0.15, -0.1) is 0 Å². The van der Waals surface area contributed by atoms with E-state index in [2.05, 4.69) is 4.98 Å². The number of benzene rings is 2. The highest BCUT2D eigenvalue weighted by Gasteiger charge is 2.42. The molecular weight excluding hydrogens is 414 g/mol. The number of halogens is 2. The number of aromatic amines is 1. The Kier molecular flexibility index (Phi) is 6.20. The van der Waals surface area contributed by atoms with Crippen LogP contribution in [0.1, 0.15) is 44.6 Å². The van der Waals surface area contributed by atoms with Gasteiger partial charge in [0, 0.05) is 23.7 Å². The number of fused-ring (bicyclic) bond motifs is 1. The number of methoxy groups -OCH3 is 1. The third-order valence-corrected chi connectivity index (χ3v) is 6.76. The minimum absolute atomic E-state index is 0.0982. The Morgan fingerprint density at radius 3 is 2.44 bits per heavy atom. The molecule has 3 N–H and O–H groups in total. The van der Waals surface area contributed by atoms with E-state index in [9.17, 15) is 13.6 Å². The average molecular weight is 443 g/mol. The predicted molar refractivity (Wildman–Crippen MR) is 120 cm³/mol. The first-order chi connectivity index (χ1) is 15.4. The molecule has 0 radical (unpaired) electrons. The zero-order valence-electron chi connectivity index (χ0n) is 18.3. The van der Waals surface area contributed by atoms with Crippen molar-refractivity contribution < 1.29 is 18.3 Å². The van der Waals surface area contributed by atoms with E-state index in [1.54, 1.807) is 12.3 Å². The molecule has 32 heavy (non-hydrogen) atoms. The molecule has 0 bridgehead atoms. The molecule has 1 aromatic heterocycles. The molecule has 1 aliphatic carbocycles. The maximum Gasteiger partial charge on any atom is 0.255 e. The summed E-state index contributed by atoms with van der Waals surface area (Å²) in [6.45, 7) is 1.99. The number of H-pyrrole nitrogens is 1. The second kappa shape index (κ2) is 8.90. The summed E-state index contributed by atoms with van der Waals surface area (Å²) >= 11 is 0. The summed E-state index contributed by atoms with van der Waals surface area (Å²) in [4.78, 5) is 14.7. The van der Waals surface area contributed by atoms with Gasteiger partial charge in [0.1, 0.15) is 11.6 Å². The number of hydrogen-bond acceptors (Lipinski definition) is 4. The lowest BCUT2D eigenvalue weighted by molar-refractivity contribution is 0.101. The SMILES string of the molecule is CCC(N)[C@]1(c2cc(F)cc(F)c2)CC[C@H](Oc2cc3cc[nH]c(=O)c3cc2OC)CC1. The van der Waals surface area contributed by atoms with Gasteiger partial charge in [-0.1, -0.05) is 6.92 Å². The van der Waals surface area contributed by atoms with Gasteiger partial charge in [0.15, 0.2) is 11.5 Å². The van der Waals surface area contributed by atoms with Crippen LogP contribution in [0.25, 0.3) is 10.8 Å². The van der Waals surface area contributed by atoms with E-state index in [4.69, 9.17) is 15.2 Å². The molecule has 0 aliphatic heterocycles. The van der Waals surface area contributed by atoms with Crippen molar-refractivity contribution in [1.29, 1.82) is 0 Å². The summed E-state index contributed by atoms with van der Waals surface area (Å²) in [6.07, 6.45) is 4.89. The smallest absolute Gasteiger partial charge is 0.255 e. The van der Waals surface area contributed by atoms with Crippen LogP contribution >= 0.6 is 0 Å². The van der Waals surface area contributed by atoms with Gasteiger partial charge in [-0.3, -0.25) is 4.79 Å². The Balaban J connectivity index is 1.59. The van der Waals surface area contributed by atoms with Gasteiger partial charge in [0.05, 0.1) is 18.6 Å². The van der Waals surface area contributed by atoms with Crippen LogP contribution in [0.3, 0.4) is 0 Å². The summed E-state index contributed by atoms with van der Waals surface area (Å²) in [5.41, 5.74) is 6.42. The molecule has 1 unspecified atom stereocenters. The van der Waals surface area contributed by atoms with Crippen molar-refractivity contribution in [2.45, 2.75) is 56.6 Å². The van der Waals surface area contributed by atoms with Crippen LogP contribution in [0.4, 0.5) is 8.78 Å². The Hall–Kier alpha value is -2.93. The van der Waals surface area contributed by atoms with Gasteiger partial charge in [0.2, 0.25) is 0 Å². The Bertz CT molecular complexity index is 1150. The largest absolute Gasteiger partial charge is 0.493 e. The van der Waals surface area contributed by atoms with Crippen molar-refractivity contribution in [2.75, 3.05) is 7.11 Å². The van der Waals surface area contributed by atoms with E-state index >= 15 is 0 Å². The normalized spacial score (nSPS) is 22.0. The first-order valence-electron chi connectivity index (χ1n) is 10.9. The monoisotopic (exact) mass is 442 g/mol. The Morgan fingerprint density at radius 1 is 1.12 bits per heavy atom. The van der Waals surface area contributed by atoms with Crippen LogP contribution in [0.2, 0.25) is 0 Å². The third-order valence-electron chi connectivity index (χ3n) is 6.76. The van der Waals surface area contributed by atoms with Gasteiger partial charge in [-0.2, -0.15) is 0 Å². The van der Waals surface area contributed by atoms with Crippen molar-refractivity contribution in [2.24, 2.45) is 5.73 Å². The number of nitrogens with two attached hydrogens (primary N) is 1. The number of pyridine rings is 1. The molecule has 1 saturated carbocycles. The van der Waals surface area contributed by atoms with Crippen LogP contribution in [-0.4, -0.2) is 24.2 Å². The van der Waals surface area contributed by atoms with Crippen molar-refractivity contribution in [1.82, 2.24) is 4.98 Å². The van der Waals surface area contributed by atoms with Crippen molar-refractivity contribution >= 4 is 10.8 Å². The topological polar surface area (TPSA) is 77.3 Å². The fraction of sp³-hybridized carbons (Fsp3) is 0.400. The van der Waals surface area contributed by atoms with Crippen molar-refractivity contribution in [3.05, 3.63) is 70.1 Å². The fourth-order valence-corrected chi connectivity index (χ4v) is 4.96. The van der Waals surface area contributed by atoms with Gasteiger partial charge >= 0.3 is 0 Å². The molecular formula is C25H28F2N2O3. The first kappa shape index (κ1) is 22.3. The first-order valence-corrected chi connectivity index (χ1v) is 10.9. The fourth-order valence-electron chi connectivity index (χ4n) is 4.96. The molecule has 1 atom stereocenters. The highest BCUT2D eigenvalue weighted by atomic mass is 19.1. The molecule has 1 fully saturated rings. The summed E-state index contributed by atoms with van der Waals surface area (Å²) in [7, 11) is 1.54. The molecule has 3 aromatic rings. The molecule has 170 valence electrons. The molecule has 4 rings (SSSR count). The van der Waals surface area contributed by atoms with Crippen molar-refractivity contribution in [3.63, 3.8) is 0 Å². The average Bonchev–Trinajstić information content (AvgIpc) is 2.78. The third kappa shape index (κ3) is 4.09. The number of nitrogens with one attached hydrogen (secondary N) is 1. The maximum absolute atomic E-state index is 14.0.